The lowest BCUT2D eigenvalue weighted by atomic mass is 10.1. The number of ether oxygens (including phenoxy) is 1. The highest BCUT2D eigenvalue weighted by Gasteiger charge is 2.28. The fourth-order valence-corrected chi connectivity index (χ4v) is 0.860. The van der Waals surface area contributed by atoms with E-state index in [0.29, 0.717) is 6.42 Å². The summed E-state index contributed by atoms with van der Waals surface area (Å²) in [4.78, 5) is 11.6. The third-order valence-corrected chi connectivity index (χ3v) is 2.22. The van der Waals surface area contributed by atoms with Crippen molar-refractivity contribution in [2.75, 3.05) is 7.11 Å². The molecule has 0 aliphatic rings. The van der Waals surface area contributed by atoms with Gasteiger partial charge in [-0.1, -0.05) is 6.92 Å². The van der Waals surface area contributed by atoms with Gasteiger partial charge in [0.25, 0.3) is 5.91 Å². The Morgan fingerprint density at radius 3 is 2.57 bits per heavy atom. The van der Waals surface area contributed by atoms with E-state index in [-0.39, 0.29) is 11.9 Å². The average Bonchev–Trinajstić information content (AvgIpc) is 2.16. The molecule has 14 heavy (non-hydrogen) atoms. The van der Waals surface area contributed by atoms with Crippen molar-refractivity contribution in [3.8, 4) is 6.07 Å². The lowest BCUT2D eigenvalue weighted by Gasteiger charge is -2.24. The van der Waals surface area contributed by atoms with E-state index < -0.39 is 5.60 Å². The molecule has 0 aliphatic heterocycles. The van der Waals surface area contributed by atoms with Crippen LogP contribution in [0.4, 0.5) is 0 Å². The van der Waals surface area contributed by atoms with Gasteiger partial charge in [-0.2, -0.15) is 5.26 Å². The molecule has 0 radical (unpaired) electrons. The minimum atomic E-state index is -0.830. The van der Waals surface area contributed by atoms with Gasteiger partial charge in [-0.15, -0.1) is 0 Å². The zero-order valence-corrected chi connectivity index (χ0v) is 9.26. The van der Waals surface area contributed by atoms with E-state index in [2.05, 4.69) is 5.32 Å². The fraction of sp³-hybridized carbons (Fsp3) is 0.800. The number of nitriles is 1. The topological polar surface area (TPSA) is 62.1 Å². The first-order valence-corrected chi connectivity index (χ1v) is 4.71. The van der Waals surface area contributed by atoms with Gasteiger partial charge >= 0.3 is 0 Å². The molecule has 0 rings (SSSR count). The Hall–Kier alpha value is -1.08. The minimum absolute atomic E-state index is 0.0816. The highest BCUT2D eigenvalue weighted by atomic mass is 16.5. The van der Waals surface area contributed by atoms with Crippen molar-refractivity contribution in [1.29, 1.82) is 5.26 Å². The van der Waals surface area contributed by atoms with Crippen LogP contribution in [-0.4, -0.2) is 24.7 Å². The smallest absolute Gasteiger partial charge is 0.251 e. The third kappa shape index (κ3) is 3.75. The Kier molecular flexibility index (Phi) is 5.18. The number of nitrogens with zero attached hydrogens (tertiary/aromatic N) is 1. The number of hydrogen-bond donors (Lipinski definition) is 1. The maximum absolute atomic E-state index is 11.6. The molecule has 0 aliphatic carbocycles. The number of rotatable bonds is 5. The number of nitrogens with one attached hydrogen (secondary N) is 1. The van der Waals surface area contributed by atoms with E-state index in [1.807, 2.05) is 13.0 Å². The molecule has 4 nitrogen and oxygen atoms in total. The molecule has 0 aromatic heterocycles. The molecule has 1 unspecified atom stereocenters. The summed E-state index contributed by atoms with van der Waals surface area (Å²) in [6, 6.07) is 1.96. The Morgan fingerprint density at radius 2 is 2.21 bits per heavy atom. The van der Waals surface area contributed by atoms with Crippen molar-refractivity contribution in [3.63, 3.8) is 0 Å². The summed E-state index contributed by atoms with van der Waals surface area (Å²) in [5, 5.41) is 11.3. The molecule has 1 atom stereocenters. The minimum Gasteiger partial charge on any atom is -0.369 e. The first kappa shape index (κ1) is 12.9. The second-order valence-electron chi connectivity index (χ2n) is 3.66. The number of hydrogen-bond acceptors (Lipinski definition) is 3. The van der Waals surface area contributed by atoms with Crippen molar-refractivity contribution in [2.45, 2.75) is 45.3 Å². The fourth-order valence-electron chi connectivity index (χ4n) is 0.860. The zero-order valence-electron chi connectivity index (χ0n) is 9.26. The van der Waals surface area contributed by atoms with Gasteiger partial charge in [-0.3, -0.25) is 4.79 Å². The van der Waals surface area contributed by atoms with Crippen molar-refractivity contribution >= 4 is 5.91 Å². The van der Waals surface area contributed by atoms with Crippen LogP contribution in [0.15, 0.2) is 0 Å². The molecule has 0 spiro atoms. The van der Waals surface area contributed by atoms with Crippen LogP contribution in [0.1, 0.15) is 33.6 Å². The second kappa shape index (κ2) is 5.61. The Labute approximate surface area is 85.2 Å². The quantitative estimate of drug-likeness (QED) is 0.722. The standard InChI is InChI=1S/C10H18N2O2/c1-5-8(6-7-11)12-9(13)10(2,3)14-4/h8H,5-6H2,1-4H3,(H,12,13). The molecule has 1 amide bonds. The summed E-state index contributed by atoms with van der Waals surface area (Å²) in [6.07, 6.45) is 1.08. The number of carbonyl (C=O) groups excluding carboxylic acids is 1. The SMILES string of the molecule is CCC(CC#N)NC(=O)C(C)(C)OC. The van der Waals surface area contributed by atoms with Crippen molar-refractivity contribution in [3.05, 3.63) is 0 Å². The van der Waals surface area contributed by atoms with Crippen molar-refractivity contribution in [2.24, 2.45) is 0 Å². The normalized spacial score (nSPS) is 13.1. The molecule has 0 saturated heterocycles. The van der Waals surface area contributed by atoms with Gasteiger partial charge in [0.15, 0.2) is 0 Å². The van der Waals surface area contributed by atoms with Crippen LogP contribution in [0, 0.1) is 11.3 Å². The lowest BCUT2D eigenvalue weighted by molar-refractivity contribution is -0.140. The van der Waals surface area contributed by atoms with Gasteiger partial charge in [-0.05, 0) is 20.3 Å². The van der Waals surface area contributed by atoms with E-state index in [4.69, 9.17) is 10.00 Å². The van der Waals surface area contributed by atoms with Crippen LogP contribution in [0.5, 0.6) is 0 Å². The van der Waals surface area contributed by atoms with Crippen molar-refractivity contribution in [1.82, 2.24) is 5.32 Å². The van der Waals surface area contributed by atoms with Gasteiger partial charge in [0.2, 0.25) is 0 Å². The Bertz CT molecular complexity index is 231. The molecular formula is C10H18N2O2. The largest absolute Gasteiger partial charge is 0.369 e. The predicted octanol–water partition coefficient (Wildman–Crippen LogP) is 1.22. The van der Waals surface area contributed by atoms with E-state index >= 15 is 0 Å². The highest BCUT2D eigenvalue weighted by molar-refractivity contribution is 5.84. The van der Waals surface area contributed by atoms with Crippen LogP contribution in [-0.2, 0) is 9.53 Å². The molecule has 4 heteroatoms. The monoisotopic (exact) mass is 198 g/mol. The molecule has 0 saturated carbocycles. The van der Waals surface area contributed by atoms with Gasteiger partial charge in [0, 0.05) is 13.2 Å². The Balaban J connectivity index is 4.23. The first-order valence-electron chi connectivity index (χ1n) is 4.71. The number of methoxy groups -OCH3 is 1. The maximum Gasteiger partial charge on any atom is 0.251 e. The van der Waals surface area contributed by atoms with E-state index in [0.717, 1.165) is 6.42 Å². The summed E-state index contributed by atoms with van der Waals surface area (Å²) in [6.45, 7) is 5.32. The number of amides is 1. The number of carbonyl (C=O) groups is 1. The average molecular weight is 198 g/mol. The summed E-state index contributed by atoms with van der Waals surface area (Å²) in [7, 11) is 1.49. The molecule has 0 heterocycles. The summed E-state index contributed by atoms with van der Waals surface area (Å²) >= 11 is 0. The maximum atomic E-state index is 11.6. The van der Waals surface area contributed by atoms with E-state index in [1.165, 1.54) is 7.11 Å². The summed E-state index contributed by atoms with van der Waals surface area (Å²) < 4.78 is 5.03. The molecule has 0 fully saturated rings. The molecule has 1 N–H and O–H groups in total. The van der Waals surface area contributed by atoms with E-state index in [1.54, 1.807) is 13.8 Å². The third-order valence-electron chi connectivity index (χ3n) is 2.22. The lowest BCUT2D eigenvalue weighted by Crippen LogP contribution is -2.47. The van der Waals surface area contributed by atoms with Gasteiger partial charge < -0.3 is 10.1 Å². The molecular weight excluding hydrogens is 180 g/mol. The van der Waals surface area contributed by atoms with Gasteiger partial charge in [0.05, 0.1) is 12.5 Å². The van der Waals surface area contributed by atoms with Gasteiger partial charge in [0.1, 0.15) is 5.60 Å². The van der Waals surface area contributed by atoms with Crippen LogP contribution in [0.25, 0.3) is 0 Å². The summed E-state index contributed by atoms with van der Waals surface area (Å²) in [5.74, 6) is -0.179. The van der Waals surface area contributed by atoms with Crippen molar-refractivity contribution < 1.29 is 9.53 Å². The highest BCUT2D eigenvalue weighted by Crippen LogP contribution is 2.08. The zero-order chi connectivity index (χ0) is 11.2. The molecule has 0 bridgehead atoms. The molecule has 0 aromatic carbocycles. The second-order valence-corrected chi connectivity index (χ2v) is 3.66. The van der Waals surface area contributed by atoms with Gasteiger partial charge in [-0.25, -0.2) is 0 Å². The molecule has 80 valence electrons. The van der Waals surface area contributed by atoms with Crippen LogP contribution in [0.3, 0.4) is 0 Å². The van der Waals surface area contributed by atoms with Crippen LogP contribution in [0.2, 0.25) is 0 Å². The molecule has 0 aromatic rings. The summed E-state index contributed by atoms with van der Waals surface area (Å²) in [5.41, 5.74) is -0.830. The van der Waals surface area contributed by atoms with E-state index in [9.17, 15) is 4.79 Å². The van der Waals surface area contributed by atoms with Crippen LogP contribution < -0.4 is 5.32 Å². The first-order chi connectivity index (χ1) is 6.47. The Morgan fingerprint density at radius 1 is 1.64 bits per heavy atom. The van der Waals surface area contributed by atoms with Crippen LogP contribution >= 0.6 is 0 Å². The predicted molar refractivity (Wildman–Crippen MR) is 53.5 cm³/mol.